The molecule has 1 aromatic heterocycles. The summed E-state index contributed by atoms with van der Waals surface area (Å²) in [6, 6.07) is 26.2. The molecule has 0 atom stereocenters. The van der Waals surface area contributed by atoms with Gasteiger partial charge in [0.15, 0.2) is 0 Å². The van der Waals surface area contributed by atoms with Gasteiger partial charge in [-0.05, 0) is 85.8 Å². The van der Waals surface area contributed by atoms with Gasteiger partial charge in [-0.2, -0.15) is 0 Å². The average molecular weight is 593 g/mol. The van der Waals surface area contributed by atoms with Crippen LogP contribution in [0.5, 0.6) is 5.75 Å². The zero-order valence-electron chi connectivity index (χ0n) is 21.6. The molecule has 1 amide bonds. The van der Waals surface area contributed by atoms with Crippen molar-refractivity contribution in [1.29, 1.82) is 0 Å². The Hall–Kier alpha value is -4.47. The van der Waals surface area contributed by atoms with Crippen molar-refractivity contribution in [3.05, 3.63) is 137 Å². The van der Waals surface area contributed by atoms with Crippen molar-refractivity contribution in [3.63, 3.8) is 0 Å². The highest BCUT2D eigenvalue weighted by atomic mass is 35.5. The molecular weight excluding hydrogens is 570 g/mol. The number of rotatable bonds is 8. The molecule has 0 aliphatic carbocycles. The van der Waals surface area contributed by atoms with E-state index in [1.807, 2.05) is 23.6 Å². The highest BCUT2D eigenvalue weighted by Crippen LogP contribution is 2.36. The third kappa shape index (κ3) is 6.16. The molecule has 208 valence electrons. The van der Waals surface area contributed by atoms with E-state index in [4.69, 9.17) is 16.3 Å². The predicted octanol–water partition coefficient (Wildman–Crippen LogP) is 7.08. The third-order valence-corrected chi connectivity index (χ3v) is 7.94. The van der Waals surface area contributed by atoms with Gasteiger partial charge in [-0.15, -0.1) is 0 Å². The van der Waals surface area contributed by atoms with Crippen LogP contribution in [0.4, 0.5) is 8.78 Å². The normalized spacial score (nSPS) is 11.3. The molecule has 5 aromatic rings. The van der Waals surface area contributed by atoms with Gasteiger partial charge >= 0.3 is 0 Å². The summed E-state index contributed by atoms with van der Waals surface area (Å²) in [6.07, 6.45) is 0. The molecule has 0 unspecified atom stereocenters. The van der Waals surface area contributed by atoms with Gasteiger partial charge in [0, 0.05) is 39.2 Å². The lowest BCUT2D eigenvalue weighted by atomic mass is 10.1. The summed E-state index contributed by atoms with van der Waals surface area (Å²) in [6.45, 7) is 1.74. The first-order valence-corrected chi connectivity index (χ1v) is 14.3. The van der Waals surface area contributed by atoms with Gasteiger partial charge in [0.05, 0.1) is 10.6 Å². The zero-order chi connectivity index (χ0) is 29.1. The van der Waals surface area contributed by atoms with Crippen LogP contribution >= 0.6 is 11.6 Å². The molecule has 0 aliphatic heterocycles. The van der Waals surface area contributed by atoms with Crippen LogP contribution in [-0.4, -0.2) is 18.9 Å². The number of amides is 1. The molecule has 5 rings (SSSR count). The van der Waals surface area contributed by atoms with Crippen LogP contribution in [0.15, 0.2) is 108 Å². The van der Waals surface area contributed by atoms with E-state index in [-0.39, 0.29) is 22.6 Å². The second-order valence-electron chi connectivity index (χ2n) is 9.15. The van der Waals surface area contributed by atoms with E-state index in [1.54, 1.807) is 48.5 Å². The summed E-state index contributed by atoms with van der Waals surface area (Å²) < 4.78 is 63.1. The minimum atomic E-state index is -4.12. The monoisotopic (exact) mass is 592 g/mol. The number of aryl methyl sites for hydroxylation is 1. The number of carbonyl (C=O) groups excluding carboxylic acids is 1. The molecule has 6 nitrogen and oxygen atoms in total. The summed E-state index contributed by atoms with van der Waals surface area (Å²) in [5, 5.41) is 0.446. The van der Waals surface area contributed by atoms with Gasteiger partial charge in [0.25, 0.3) is 15.9 Å². The minimum Gasteiger partial charge on any atom is -0.488 e. The van der Waals surface area contributed by atoms with Gasteiger partial charge in [0.2, 0.25) is 0 Å². The van der Waals surface area contributed by atoms with Crippen LogP contribution < -0.4 is 9.46 Å². The summed E-state index contributed by atoms with van der Waals surface area (Å²) in [7, 11) is -4.12. The molecule has 1 heterocycles. The lowest BCUT2D eigenvalue weighted by molar-refractivity contribution is 0.0981. The SMILES string of the molecule is Cc1ccc(-c2cc(Cl)ccc2OCc2ccc(F)cc2F)n1-c1ccc(S(=O)(=O)NC(=O)c2ccccc2)cc1. The molecule has 10 heteroatoms. The average Bonchev–Trinajstić information content (AvgIpc) is 3.34. The lowest BCUT2D eigenvalue weighted by Crippen LogP contribution is -2.30. The molecule has 4 aromatic carbocycles. The van der Waals surface area contributed by atoms with Gasteiger partial charge < -0.3 is 9.30 Å². The second-order valence-corrected chi connectivity index (χ2v) is 11.3. The highest BCUT2D eigenvalue weighted by molar-refractivity contribution is 7.90. The molecular formula is C31H23ClF2N2O4S. The van der Waals surface area contributed by atoms with Crippen molar-refractivity contribution in [1.82, 2.24) is 9.29 Å². The van der Waals surface area contributed by atoms with Gasteiger partial charge in [-0.1, -0.05) is 29.8 Å². The van der Waals surface area contributed by atoms with E-state index in [1.165, 1.54) is 30.3 Å². The largest absolute Gasteiger partial charge is 0.488 e. The molecule has 0 spiro atoms. The first kappa shape index (κ1) is 28.1. The molecule has 0 bridgehead atoms. The van der Waals surface area contributed by atoms with Crippen molar-refractivity contribution in [2.24, 2.45) is 0 Å². The smallest absolute Gasteiger partial charge is 0.264 e. The van der Waals surface area contributed by atoms with Crippen LogP contribution in [0.1, 0.15) is 21.6 Å². The maximum absolute atomic E-state index is 14.2. The molecule has 0 saturated heterocycles. The number of nitrogens with zero attached hydrogens (tertiary/aromatic N) is 1. The Labute approximate surface area is 240 Å². The number of carbonyl (C=O) groups is 1. The van der Waals surface area contributed by atoms with E-state index < -0.39 is 27.6 Å². The fourth-order valence-electron chi connectivity index (χ4n) is 4.32. The Morgan fingerprint density at radius 3 is 2.34 bits per heavy atom. The standard InChI is InChI=1S/C31H23ClF2N2O4S/c1-20-7-15-29(27-17-23(32)9-16-30(27)40-19-22-8-10-24(33)18-28(22)34)36(20)25-11-13-26(14-12-25)41(38,39)35-31(37)21-5-3-2-4-6-21/h2-18H,19H2,1H3,(H,35,37). The van der Waals surface area contributed by atoms with E-state index in [0.717, 1.165) is 17.8 Å². The summed E-state index contributed by atoms with van der Waals surface area (Å²) >= 11 is 6.32. The Bertz CT molecular complexity index is 1840. The summed E-state index contributed by atoms with van der Waals surface area (Å²) in [4.78, 5) is 12.3. The highest BCUT2D eigenvalue weighted by Gasteiger charge is 2.20. The summed E-state index contributed by atoms with van der Waals surface area (Å²) in [5.74, 6) is -1.70. The first-order valence-electron chi connectivity index (χ1n) is 12.4. The zero-order valence-corrected chi connectivity index (χ0v) is 23.2. The number of sulfonamides is 1. The van der Waals surface area contributed by atoms with Gasteiger partial charge in [0.1, 0.15) is 24.0 Å². The van der Waals surface area contributed by atoms with E-state index in [2.05, 4.69) is 4.72 Å². The third-order valence-electron chi connectivity index (χ3n) is 6.36. The number of hydrogen-bond donors (Lipinski definition) is 1. The molecule has 1 N–H and O–H groups in total. The van der Waals surface area contributed by atoms with Gasteiger partial charge in [-0.25, -0.2) is 21.9 Å². The van der Waals surface area contributed by atoms with Crippen LogP contribution in [-0.2, 0) is 16.6 Å². The number of ether oxygens (including phenoxy) is 1. The Morgan fingerprint density at radius 1 is 0.902 bits per heavy atom. The van der Waals surface area contributed by atoms with Crippen LogP contribution in [0.3, 0.4) is 0 Å². The molecule has 41 heavy (non-hydrogen) atoms. The van der Waals surface area contributed by atoms with E-state index >= 15 is 0 Å². The van der Waals surface area contributed by atoms with E-state index in [9.17, 15) is 22.0 Å². The molecule has 0 fully saturated rings. The second kappa shape index (κ2) is 11.6. The number of nitrogens with one attached hydrogen (secondary N) is 1. The quantitative estimate of drug-likeness (QED) is 0.209. The lowest BCUT2D eigenvalue weighted by Gasteiger charge is -2.17. The molecule has 0 radical (unpaired) electrons. The minimum absolute atomic E-state index is 0.0787. The Kier molecular flexibility index (Phi) is 7.92. The number of hydrogen-bond acceptors (Lipinski definition) is 4. The van der Waals surface area contributed by atoms with Gasteiger partial charge in [-0.3, -0.25) is 4.79 Å². The predicted molar refractivity (Wildman–Crippen MR) is 153 cm³/mol. The fraction of sp³-hybridized carbons (Fsp3) is 0.0645. The number of halogens is 3. The van der Waals surface area contributed by atoms with Crippen LogP contribution in [0, 0.1) is 18.6 Å². The van der Waals surface area contributed by atoms with Crippen molar-refractivity contribution >= 4 is 27.5 Å². The van der Waals surface area contributed by atoms with Crippen LogP contribution in [0.25, 0.3) is 16.9 Å². The van der Waals surface area contributed by atoms with Crippen LogP contribution in [0.2, 0.25) is 5.02 Å². The Balaban J connectivity index is 1.44. The van der Waals surface area contributed by atoms with Crippen molar-refractivity contribution in [2.45, 2.75) is 18.4 Å². The number of aromatic nitrogens is 1. The van der Waals surface area contributed by atoms with Crippen molar-refractivity contribution in [2.75, 3.05) is 0 Å². The maximum Gasteiger partial charge on any atom is 0.264 e. The first-order chi connectivity index (χ1) is 19.6. The fourth-order valence-corrected chi connectivity index (χ4v) is 5.46. The summed E-state index contributed by atoms with van der Waals surface area (Å²) in [5.41, 5.74) is 3.19. The molecule has 0 saturated carbocycles. The van der Waals surface area contributed by atoms with Crippen molar-refractivity contribution < 1.29 is 26.7 Å². The molecule has 0 aliphatic rings. The maximum atomic E-state index is 14.2. The Morgan fingerprint density at radius 2 is 1.63 bits per heavy atom. The topological polar surface area (TPSA) is 77.4 Å². The van der Waals surface area contributed by atoms with Crippen molar-refractivity contribution in [3.8, 4) is 22.7 Å². The van der Waals surface area contributed by atoms with E-state index in [0.29, 0.717) is 27.7 Å². The number of benzene rings is 4.